The number of aromatic nitrogens is 1. The van der Waals surface area contributed by atoms with E-state index in [-0.39, 0.29) is 32.5 Å². The van der Waals surface area contributed by atoms with Gasteiger partial charge in [-0.1, -0.05) is 48.3 Å². The summed E-state index contributed by atoms with van der Waals surface area (Å²) < 4.78 is 22.3. The summed E-state index contributed by atoms with van der Waals surface area (Å²) in [5.74, 6) is -1.48. The molecule has 2 aromatic carbocycles. The van der Waals surface area contributed by atoms with Crippen molar-refractivity contribution in [3.05, 3.63) is 98.5 Å². The molecule has 7 heteroatoms. The first-order valence-electron chi connectivity index (χ1n) is 10.3. The molecule has 0 atom stereocenters. The molecule has 0 saturated heterocycles. The third-order valence-corrected chi connectivity index (χ3v) is 6.39. The number of benzene rings is 2. The van der Waals surface area contributed by atoms with Crippen molar-refractivity contribution in [2.75, 3.05) is 7.11 Å². The fraction of sp³-hybridized carbons (Fsp3) is 0.154. The minimum absolute atomic E-state index is 0.182. The van der Waals surface area contributed by atoms with Crippen molar-refractivity contribution in [1.29, 1.82) is 0 Å². The van der Waals surface area contributed by atoms with E-state index in [1.165, 1.54) is 7.11 Å². The Morgan fingerprint density at radius 3 is 2.36 bits per heavy atom. The first-order valence-corrected chi connectivity index (χ1v) is 11.1. The van der Waals surface area contributed by atoms with Gasteiger partial charge in [-0.15, -0.1) is 0 Å². The molecular weight excluding hydrogens is 464 g/mol. The highest BCUT2D eigenvalue weighted by Crippen LogP contribution is 2.38. The molecule has 0 amide bonds. The van der Waals surface area contributed by atoms with Crippen molar-refractivity contribution >= 4 is 40.5 Å². The summed E-state index contributed by atoms with van der Waals surface area (Å²) in [7, 11) is 1.26. The van der Waals surface area contributed by atoms with E-state index >= 15 is 4.39 Å². The van der Waals surface area contributed by atoms with E-state index < -0.39 is 11.8 Å². The number of pyridine rings is 1. The van der Waals surface area contributed by atoms with E-state index in [1.54, 1.807) is 60.8 Å². The van der Waals surface area contributed by atoms with Gasteiger partial charge in [0.1, 0.15) is 5.82 Å². The molecule has 0 N–H and O–H groups in total. The highest BCUT2D eigenvalue weighted by molar-refractivity contribution is 6.41. The zero-order chi connectivity index (χ0) is 23.9. The van der Waals surface area contributed by atoms with Crippen molar-refractivity contribution in [3.8, 4) is 11.1 Å². The van der Waals surface area contributed by atoms with E-state index in [0.29, 0.717) is 34.3 Å². The predicted molar refractivity (Wildman–Crippen MR) is 128 cm³/mol. The number of hydrogen-bond acceptors (Lipinski definition) is 3. The van der Waals surface area contributed by atoms with Gasteiger partial charge in [0.05, 0.1) is 39.5 Å². The minimum atomic E-state index is -0.597. The van der Waals surface area contributed by atoms with Crippen molar-refractivity contribution in [2.24, 2.45) is 0 Å². The monoisotopic (exact) mass is 483 g/mol. The second kappa shape index (κ2) is 9.00. The number of methoxy groups -OCH3 is 1. The van der Waals surface area contributed by atoms with Crippen LogP contribution in [0.3, 0.4) is 0 Å². The van der Waals surface area contributed by atoms with Crippen LogP contribution in [0.15, 0.2) is 54.7 Å². The largest absolute Gasteiger partial charge is 0.465 e. The Kier molecular flexibility index (Phi) is 6.28. The quantitative estimate of drug-likeness (QED) is 0.228. The standard InChI is InChI=1S/C26H20Cl2FNO3/c1-4-15-16(26(32)33-3)11-12-17(23(15)29)21-14(2)24(30-13-6-5-10-20(21)30)25(31)22-18(27)8-7-9-19(22)28/h5-13H,4H2,1-3H3. The van der Waals surface area contributed by atoms with Crippen LogP contribution in [0, 0.1) is 12.7 Å². The minimum Gasteiger partial charge on any atom is -0.465 e. The van der Waals surface area contributed by atoms with Gasteiger partial charge >= 0.3 is 5.97 Å². The number of rotatable bonds is 5. The zero-order valence-electron chi connectivity index (χ0n) is 18.2. The van der Waals surface area contributed by atoms with Gasteiger partial charge in [-0.25, -0.2) is 9.18 Å². The molecule has 4 rings (SSSR count). The van der Waals surface area contributed by atoms with Crippen LogP contribution in [0.2, 0.25) is 10.0 Å². The molecule has 2 aromatic heterocycles. The Hall–Kier alpha value is -3.15. The van der Waals surface area contributed by atoms with E-state index in [0.717, 1.165) is 0 Å². The number of esters is 1. The average Bonchev–Trinajstić information content (AvgIpc) is 3.09. The second-order valence-corrected chi connectivity index (χ2v) is 8.34. The van der Waals surface area contributed by atoms with E-state index in [4.69, 9.17) is 27.9 Å². The summed E-state index contributed by atoms with van der Waals surface area (Å²) in [6, 6.07) is 13.4. The maximum atomic E-state index is 15.7. The van der Waals surface area contributed by atoms with Crippen LogP contribution in [0.1, 0.15) is 44.5 Å². The third kappa shape index (κ3) is 3.71. The van der Waals surface area contributed by atoms with Gasteiger partial charge in [-0.05, 0) is 49.2 Å². The molecule has 2 heterocycles. The molecule has 4 nitrogen and oxygen atoms in total. The smallest absolute Gasteiger partial charge is 0.338 e. The number of carbonyl (C=O) groups is 2. The summed E-state index contributed by atoms with van der Waals surface area (Å²) in [5.41, 5.74) is 3.05. The first-order chi connectivity index (χ1) is 15.8. The Labute approximate surface area is 200 Å². The average molecular weight is 484 g/mol. The third-order valence-electron chi connectivity index (χ3n) is 5.76. The maximum absolute atomic E-state index is 15.7. The van der Waals surface area contributed by atoms with E-state index in [9.17, 15) is 9.59 Å². The number of hydrogen-bond donors (Lipinski definition) is 0. The van der Waals surface area contributed by atoms with Crippen molar-refractivity contribution in [1.82, 2.24) is 4.40 Å². The predicted octanol–water partition coefficient (Wildman–Crippen LogP) is 6.94. The van der Waals surface area contributed by atoms with Crippen LogP contribution in [-0.2, 0) is 11.2 Å². The fourth-order valence-corrected chi connectivity index (χ4v) is 4.82. The summed E-state index contributed by atoms with van der Waals surface area (Å²) in [4.78, 5) is 25.7. The van der Waals surface area contributed by atoms with E-state index in [1.807, 2.05) is 12.1 Å². The first kappa shape index (κ1) is 23.0. The van der Waals surface area contributed by atoms with Crippen LogP contribution >= 0.6 is 23.2 Å². The van der Waals surface area contributed by atoms with Gasteiger partial charge in [0.25, 0.3) is 0 Å². The number of carbonyl (C=O) groups excluding carboxylic acids is 2. The van der Waals surface area contributed by atoms with Gasteiger partial charge in [0.15, 0.2) is 0 Å². The number of nitrogens with zero attached hydrogens (tertiary/aromatic N) is 1. The highest BCUT2D eigenvalue weighted by Gasteiger charge is 2.28. The van der Waals surface area contributed by atoms with Gasteiger partial charge in [-0.3, -0.25) is 4.79 Å². The van der Waals surface area contributed by atoms with Crippen LogP contribution in [0.4, 0.5) is 4.39 Å². The molecule has 0 aliphatic carbocycles. The van der Waals surface area contributed by atoms with Gasteiger partial charge in [0.2, 0.25) is 5.78 Å². The molecule has 0 fully saturated rings. The molecule has 0 aliphatic heterocycles. The lowest BCUT2D eigenvalue weighted by molar-refractivity contribution is 0.0598. The summed E-state index contributed by atoms with van der Waals surface area (Å²) in [6.45, 7) is 3.54. The van der Waals surface area contributed by atoms with Gasteiger partial charge in [-0.2, -0.15) is 0 Å². The summed E-state index contributed by atoms with van der Waals surface area (Å²) in [5, 5.41) is 0.474. The lowest BCUT2D eigenvalue weighted by atomic mass is 9.94. The molecule has 0 unspecified atom stereocenters. The Morgan fingerprint density at radius 2 is 1.73 bits per heavy atom. The summed E-state index contributed by atoms with van der Waals surface area (Å²) >= 11 is 12.6. The summed E-state index contributed by atoms with van der Waals surface area (Å²) in [6.07, 6.45) is 2.04. The normalized spacial score (nSPS) is 11.1. The van der Waals surface area contributed by atoms with Crippen molar-refractivity contribution in [3.63, 3.8) is 0 Å². The lowest BCUT2D eigenvalue weighted by Crippen LogP contribution is -2.09. The van der Waals surface area contributed by atoms with Crippen LogP contribution in [0.25, 0.3) is 16.6 Å². The molecular formula is C26H20Cl2FNO3. The number of ether oxygens (including phenoxy) is 1. The Balaban J connectivity index is 2.02. The Morgan fingerprint density at radius 1 is 1.03 bits per heavy atom. The highest BCUT2D eigenvalue weighted by atomic mass is 35.5. The Bertz CT molecular complexity index is 1400. The van der Waals surface area contributed by atoms with Gasteiger partial charge < -0.3 is 9.14 Å². The number of halogens is 3. The van der Waals surface area contributed by atoms with Crippen LogP contribution < -0.4 is 0 Å². The van der Waals surface area contributed by atoms with E-state index in [2.05, 4.69) is 0 Å². The fourth-order valence-electron chi connectivity index (χ4n) is 4.25. The molecule has 168 valence electrons. The lowest BCUT2D eigenvalue weighted by Gasteiger charge is -2.12. The van der Waals surface area contributed by atoms with Crippen molar-refractivity contribution in [2.45, 2.75) is 20.3 Å². The SMILES string of the molecule is CCc1c(C(=O)OC)ccc(-c2c(C)c(C(=O)c3c(Cl)cccc3Cl)n3ccccc23)c1F. The number of ketones is 1. The second-order valence-electron chi connectivity index (χ2n) is 7.53. The molecule has 0 radical (unpaired) electrons. The molecule has 0 bridgehead atoms. The molecule has 0 aliphatic rings. The molecule has 0 saturated carbocycles. The molecule has 0 spiro atoms. The zero-order valence-corrected chi connectivity index (χ0v) is 19.7. The van der Waals surface area contributed by atoms with Gasteiger partial charge in [0, 0.05) is 22.9 Å². The molecule has 33 heavy (non-hydrogen) atoms. The van der Waals surface area contributed by atoms with Crippen molar-refractivity contribution < 1.29 is 18.7 Å². The topological polar surface area (TPSA) is 47.8 Å². The number of fused-ring (bicyclic) bond motifs is 1. The van der Waals surface area contributed by atoms with Crippen LogP contribution in [-0.4, -0.2) is 23.3 Å². The maximum Gasteiger partial charge on any atom is 0.338 e. The van der Waals surface area contributed by atoms with Crippen LogP contribution in [0.5, 0.6) is 0 Å². The molecule has 4 aromatic rings.